The molecule has 0 aliphatic heterocycles. The fourth-order valence-electron chi connectivity index (χ4n) is 1.82. The Morgan fingerprint density at radius 2 is 1.91 bits per heavy atom. The van der Waals surface area contributed by atoms with Crippen LogP contribution in [0.15, 0.2) is 59.1 Å². The van der Waals surface area contributed by atoms with E-state index >= 15 is 0 Å². The maximum absolute atomic E-state index is 12.3. The van der Waals surface area contributed by atoms with Crippen LogP contribution in [0.4, 0.5) is 0 Å². The molecule has 22 heavy (non-hydrogen) atoms. The highest BCUT2D eigenvalue weighted by molar-refractivity contribution is 9.10. The summed E-state index contributed by atoms with van der Waals surface area (Å²) < 4.78 is 6.19. The Hall–Kier alpha value is -2.40. The van der Waals surface area contributed by atoms with E-state index in [4.69, 9.17) is 10.5 Å². The average Bonchev–Trinajstić information content (AvgIpc) is 2.51. The van der Waals surface area contributed by atoms with Gasteiger partial charge >= 0.3 is 0 Å². The zero-order valence-electron chi connectivity index (χ0n) is 11.7. The molecular formula is C17H14BrNO3. The van der Waals surface area contributed by atoms with Gasteiger partial charge in [-0.3, -0.25) is 9.59 Å². The molecule has 112 valence electrons. The van der Waals surface area contributed by atoms with Crippen LogP contribution in [-0.2, 0) is 4.79 Å². The first-order valence-electron chi connectivity index (χ1n) is 6.54. The van der Waals surface area contributed by atoms with E-state index in [1.165, 1.54) is 6.08 Å². The summed E-state index contributed by atoms with van der Waals surface area (Å²) in [4.78, 5) is 23.1. The number of primary amides is 1. The highest BCUT2D eigenvalue weighted by atomic mass is 79.9. The van der Waals surface area contributed by atoms with Gasteiger partial charge in [0.2, 0.25) is 0 Å². The lowest BCUT2D eigenvalue weighted by Gasteiger charge is -2.07. The van der Waals surface area contributed by atoms with Crippen LogP contribution in [-0.4, -0.2) is 18.3 Å². The van der Waals surface area contributed by atoms with Gasteiger partial charge in [-0.25, -0.2) is 0 Å². The fraction of sp³-hybridized carbons (Fsp3) is 0.0588. The molecular weight excluding hydrogens is 346 g/mol. The van der Waals surface area contributed by atoms with E-state index < -0.39 is 5.91 Å². The number of carbonyl (C=O) groups is 2. The number of allylic oxidation sites excluding steroid dienone is 1. The predicted octanol–water partition coefficient (Wildman–Crippen LogP) is 3.21. The number of ketones is 1. The van der Waals surface area contributed by atoms with Gasteiger partial charge in [-0.2, -0.15) is 0 Å². The molecule has 0 aliphatic carbocycles. The number of carbonyl (C=O) groups excluding carboxylic acids is 2. The van der Waals surface area contributed by atoms with Crippen molar-refractivity contribution in [2.45, 2.75) is 0 Å². The first-order chi connectivity index (χ1) is 10.6. The Morgan fingerprint density at radius 1 is 1.14 bits per heavy atom. The molecule has 1 amide bonds. The summed E-state index contributed by atoms with van der Waals surface area (Å²) in [5.41, 5.74) is 6.33. The third kappa shape index (κ3) is 4.56. The van der Waals surface area contributed by atoms with Crippen LogP contribution < -0.4 is 10.5 Å². The van der Waals surface area contributed by atoms with Crippen LogP contribution in [0.2, 0.25) is 0 Å². The Balaban J connectivity index is 2.17. The minimum Gasteiger partial charge on any atom is -0.483 e. The maximum atomic E-state index is 12.3. The lowest BCUT2D eigenvalue weighted by atomic mass is 10.1. The third-order valence-electron chi connectivity index (χ3n) is 2.80. The Labute approximate surface area is 136 Å². The van der Waals surface area contributed by atoms with Crippen molar-refractivity contribution in [3.05, 3.63) is 70.2 Å². The highest BCUT2D eigenvalue weighted by Gasteiger charge is 2.10. The van der Waals surface area contributed by atoms with Crippen molar-refractivity contribution in [3.63, 3.8) is 0 Å². The Bertz CT molecular complexity index is 725. The number of ether oxygens (including phenoxy) is 1. The number of nitrogens with two attached hydrogens (primary N) is 1. The van der Waals surface area contributed by atoms with Crippen LogP contribution in [0.3, 0.4) is 0 Å². The van der Waals surface area contributed by atoms with Crippen LogP contribution in [0.25, 0.3) is 6.08 Å². The van der Waals surface area contributed by atoms with Crippen molar-refractivity contribution in [2.24, 2.45) is 5.73 Å². The normalized spacial score (nSPS) is 10.6. The molecule has 0 radical (unpaired) electrons. The van der Waals surface area contributed by atoms with Crippen LogP contribution in [0, 0.1) is 0 Å². The molecule has 5 heteroatoms. The molecule has 2 aromatic rings. The molecule has 0 unspecified atom stereocenters. The van der Waals surface area contributed by atoms with E-state index in [2.05, 4.69) is 15.9 Å². The summed E-state index contributed by atoms with van der Waals surface area (Å²) in [5, 5.41) is 0. The third-order valence-corrected chi connectivity index (χ3v) is 3.29. The number of para-hydroxylation sites is 1. The second-order valence-corrected chi connectivity index (χ2v) is 5.42. The molecule has 0 spiro atoms. The fourth-order valence-corrected chi connectivity index (χ4v) is 2.23. The molecule has 0 aliphatic rings. The monoisotopic (exact) mass is 359 g/mol. The van der Waals surface area contributed by atoms with Gasteiger partial charge in [0.25, 0.3) is 5.91 Å². The molecule has 2 N–H and O–H groups in total. The van der Waals surface area contributed by atoms with Crippen molar-refractivity contribution in [3.8, 4) is 5.75 Å². The number of hydrogen-bond donors (Lipinski definition) is 1. The van der Waals surface area contributed by atoms with Gasteiger partial charge in [0, 0.05) is 4.47 Å². The number of halogens is 1. The Kier molecular flexibility index (Phi) is 5.49. The average molecular weight is 360 g/mol. The zero-order valence-corrected chi connectivity index (χ0v) is 13.2. The molecule has 4 nitrogen and oxygen atoms in total. The van der Waals surface area contributed by atoms with E-state index in [1.807, 2.05) is 24.3 Å². The molecule has 0 aromatic heterocycles. The summed E-state index contributed by atoms with van der Waals surface area (Å²) in [5.74, 6) is -0.461. The van der Waals surface area contributed by atoms with Crippen molar-refractivity contribution in [1.82, 2.24) is 0 Å². The van der Waals surface area contributed by atoms with Crippen molar-refractivity contribution < 1.29 is 14.3 Å². The molecule has 2 rings (SSSR count). The van der Waals surface area contributed by atoms with Crippen LogP contribution in [0.5, 0.6) is 5.75 Å². The lowest BCUT2D eigenvalue weighted by molar-refractivity contribution is -0.119. The molecule has 0 fully saturated rings. The minimum absolute atomic E-state index is 0.208. The van der Waals surface area contributed by atoms with E-state index in [0.29, 0.717) is 11.3 Å². The van der Waals surface area contributed by atoms with E-state index in [9.17, 15) is 9.59 Å². The van der Waals surface area contributed by atoms with E-state index in [0.717, 1.165) is 10.0 Å². The second kappa shape index (κ2) is 7.56. The van der Waals surface area contributed by atoms with Crippen molar-refractivity contribution >= 4 is 33.7 Å². The molecule has 0 bridgehead atoms. The molecule has 0 saturated heterocycles. The minimum atomic E-state index is -0.591. The summed E-state index contributed by atoms with van der Waals surface area (Å²) in [6.07, 6.45) is 3.19. The van der Waals surface area contributed by atoms with E-state index in [1.54, 1.807) is 30.3 Å². The standard InChI is InChI=1S/C17H14BrNO3/c18-13-5-3-4-12(10-13)8-9-15(20)14-6-1-2-7-16(14)22-11-17(19)21/h1-10H,11H2,(H2,19,21)/b9-8+. The summed E-state index contributed by atoms with van der Waals surface area (Å²) >= 11 is 3.38. The molecule has 0 saturated carbocycles. The van der Waals surface area contributed by atoms with Gasteiger partial charge in [-0.15, -0.1) is 0 Å². The molecule has 0 atom stereocenters. The summed E-state index contributed by atoms with van der Waals surface area (Å²) in [7, 11) is 0. The van der Waals surface area contributed by atoms with Gasteiger partial charge in [-0.05, 0) is 35.9 Å². The SMILES string of the molecule is NC(=O)COc1ccccc1C(=O)/C=C/c1cccc(Br)c1. The second-order valence-electron chi connectivity index (χ2n) is 4.50. The summed E-state index contributed by atoms with van der Waals surface area (Å²) in [6, 6.07) is 14.3. The number of benzene rings is 2. The van der Waals surface area contributed by atoms with E-state index in [-0.39, 0.29) is 12.4 Å². The van der Waals surface area contributed by atoms with Crippen molar-refractivity contribution in [1.29, 1.82) is 0 Å². The first-order valence-corrected chi connectivity index (χ1v) is 7.33. The lowest BCUT2D eigenvalue weighted by Crippen LogP contribution is -2.20. The van der Waals surface area contributed by atoms with Gasteiger partial charge < -0.3 is 10.5 Å². The zero-order chi connectivity index (χ0) is 15.9. The molecule has 0 heterocycles. The largest absolute Gasteiger partial charge is 0.483 e. The Morgan fingerprint density at radius 3 is 2.64 bits per heavy atom. The van der Waals surface area contributed by atoms with Gasteiger partial charge in [0.05, 0.1) is 5.56 Å². The smallest absolute Gasteiger partial charge is 0.255 e. The molecule has 2 aromatic carbocycles. The van der Waals surface area contributed by atoms with Gasteiger partial charge in [0.15, 0.2) is 12.4 Å². The number of rotatable bonds is 6. The van der Waals surface area contributed by atoms with Gasteiger partial charge in [0.1, 0.15) is 5.75 Å². The van der Waals surface area contributed by atoms with Crippen LogP contribution in [0.1, 0.15) is 15.9 Å². The quantitative estimate of drug-likeness (QED) is 0.635. The number of amides is 1. The summed E-state index contributed by atoms with van der Waals surface area (Å²) in [6.45, 7) is -0.264. The number of hydrogen-bond acceptors (Lipinski definition) is 3. The van der Waals surface area contributed by atoms with Crippen molar-refractivity contribution in [2.75, 3.05) is 6.61 Å². The van der Waals surface area contributed by atoms with Crippen LogP contribution >= 0.6 is 15.9 Å². The predicted molar refractivity (Wildman–Crippen MR) is 88.6 cm³/mol. The topological polar surface area (TPSA) is 69.4 Å². The highest BCUT2D eigenvalue weighted by Crippen LogP contribution is 2.20. The van der Waals surface area contributed by atoms with Gasteiger partial charge in [-0.1, -0.05) is 46.3 Å². The maximum Gasteiger partial charge on any atom is 0.255 e. The first kappa shape index (κ1) is 16.0.